The SMILES string of the molecule is Cc1cccc(C(C(=O)NC(Cc2ccccc2)C(=O)OC(C)(C)C)N(C(=O)C(Cc2ccccc2)NC(=O)OC(C)(C)C)C(C)(C)C)c1C. The predicted octanol–water partition coefficient (Wildman–Crippen LogP) is 7.18. The second-order valence-corrected chi connectivity index (χ2v) is 15.7. The maximum atomic E-state index is 15.0. The van der Waals surface area contributed by atoms with E-state index in [2.05, 4.69) is 10.6 Å². The smallest absolute Gasteiger partial charge is 0.408 e. The van der Waals surface area contributed by atoms with Gasteiger partial charge < -0.3 is 25.0 Å². The van der Waals surface area contributed by atoms with Gasteiger partial charge in [-0.3, -0.25) is 9.59 Å². The van der Waals surface area contributed by atoms with E-state index in [1.807, 2.05) is 113 Å². The van der Waals surface area contributed by atoms with Gasteiger partial charge in [0.25, 0.3) is 0 Å². The molecule has 9 nitrogen and oxygen atoms in total. The zero-order chi connectivity index (χ0) is 37.4. The highest BCUT2D eigenvalue weighted by atomic mass is 16.6. The molecule has 9 heteroatoms. The van der Waals surface area contributed by atoms with Gasteiger partial charge in [0.1, 0.15) is 29.3 Å². The first-order valence-electron chi connectivity index (χ1n) is 17.2. The van der Waals surface area contributed by atoms with Gasteiger partial charge in [0.15, 0.2) is 0 Å². The van der Waals surface area contributed by atoms with Crippen LogP contribution >= 0.6 is 0 Å². The molecule has 3 aromatic rings. The summed E-state index contributed by atoms with van der Waals surface area (Å²) in [7, 11) is 0. The number of carbonyl (C=O) groups excluding carboxylic acids is 4. The summed E-state index contributed by atoms with van der Waals surface area (Å²) in [4.78, 5) is 58.2. The van der Waals surface area contributed by atoms with Crippen LogP contribution in [0.2, 0.25) is 0 Å². The van der Waals surface area contributed by atoms with E-state index in [1.54, 1.807) is 41.5 Å². The van der Waals surface area contributed by atoms with Crippen LogP contribution in [0.1, 0.15) is 96.2 Å². The Morgan fingerprint density at radius 3 is 1.62 bits per heavy atom. The highest BCUT2D eigenvalue weighted by molar-refractivity contribution is 5.94. The molecule has 3 aromatic carbocycles. The summed E-state index contributed by atoms with van der Waals surface area (Å²) in [6, 6.07) is 21.0. The summed E-state index contributed by atoms with van der Waals surface area (Å²) in [6.07, 6.45) is -0.413. The number of amides is 3. The second kappa shape index (κ2) is 16.4. The Balaban J connectivity index is 2.17. The minimum atomic E-state index is -1.18. The van der Waals surface area contributed by atoms with E-state index in [9.17, 15) is 19.2 Å². The molecule has 3 rings (SSSR count). The van der Waals surface area contributed by atoms with Crippen molar-refractivity contribution in [1.82, 2.24) is 15.5 Å². The van der Waals surface area contributed by atoms with Crippen molar-refractivity contribution in [3.05, 3.63) is 107 Å². The van der Waals surface area contributed by atoms with Crippen LogP contribution in [0.25, 0.3) is 0 Å². The number of ether oxygens (including phenoxy) is 2. The third kappa shape index (κ3) is 11.7. The number of hydrogen-bond donors (Lipinski definition) is 2. The fourth-order valence-electron chi connectivity index (χ4n) is 5.65. The van der Waals surface area contributed by atoms with E-state index in [1.165, 1.54) is 4.90 Å². The second-order valence-electron chi connectivity index (χ2n) is 15.7. The zero-order valence-corrected chi connectivity index (χ0v) is 31.5. The number of benzene rings is 3. The molecule has 3 amide bonds. The Bertz CT molecular complexity index is 1620. The molecule has 0 saturated carbocycles. The Morgan fingerprint density at radius 2 is 1.14 bits per heavy atom. The highest BCUT2D eigenvalue weighted by Crippen LogP contribution is 2.33. The number of aryl methyl sites for hydroxylation is 1. The molecule has 0 saturated heterocycles. The van der Waals surface area contributed by atoms with Gasteiger partial charge in [-0.2, -0.15) is 0 Å². The number of esters is 1. The van der Waals surface area contributed by atoms with Gasteiger partial charge in [-0.25, -0.2) is 9.59 Å². The fourth-order valence-corrected chi connectivity index (χ4v) is 5.65. The van der Waals surface area contributed by atoms with Crippen molar-refractivity contribution < 1.29 is 28.7 Å². The van der Waals surface area contributed by atoms with Crippen molar-refractivity contribution >= 4 is 23.9 Å². The molecule has 0 aromatic heterocycles. The number of rotatable bonds is 11. The quantitative estimate of drug-likeness (QED) is 0.207. The lowest BCUT2D eigenvalue weighted by Gasteiger charge is -2.44. The van der Waals surface area contributed by atoms with Crippen molar-refractivity contribution in [3.63, 3.8) is 0 Å². The van der Waals surface area contributed by atoms with Gasteiger partial charge in [0, 0.05) is 18.4 Å². The van der Waals surface area contributed by atoms with Crippen LogP contribution in [-0.4, -0.2) is 57.6 Å². The van der Waals surface area contributed by atoms with Crippen LogP contribution in [0.4, 0.5) is 4.79 Å². The zero-order valence-electron chi connectivity index (χ0n) is 31.5. The van der Waals surface area contributed by atoms with E-state index >= 15 is 0 Å². The molecule has 0 aliphatic heterocycles. The Labute approximate surface area is 298 Å². The summed E-state index contributed by atoms with van der Waals surface area (Å²) in [5, 5.41) is 5.79. The van der Waals surface area contributed by atoms with Crippen molar-refractivity contribution in [2.45, 2.75) is 124 Å². The first-order valence-corrected chi connectivity index (χ1v) is 17.2. The van der Waals surface area contributed by atoms with Gasteiger partial charge >= 0.3 is 12.1 Å². The standard InChI is InChI=1S/C41H55N3O6/c1-27-19-18-24-31(28(27)2)34(35(45)42-33(37(47)49-40(6,7)8)26-30-22-16-13-17-23-30)44(39(3,4)5)36(46)32(25-29-20-14-12-15-21-29)43-38(48)50-41(9,10)11/h12-24,32-34H,25-26H2,1-11H3,(H,42,45)(H,43,48). The van der Waals surface area contributed by atoms with Gasteiger partial charge in [0.05, 0.1) is 0 Å². The Kier molecular flexibility index (Phi) is 13.0. The Hall–Kier alpha value is -4.66. The van der Waals surface area contributed by atoms with Crippen LogP contribution in [0, 0.1) is 13.8 Å². The number of nitrogens with one attached hydrogen (secondary N) is 2. The van der Waals surface area contributed by atoms with Crippen molar-refractivity contribution in [2.75, 3.05) is 0 Å². The Morgan fingerprint density at radius 1 is 0.640 bits per heavy atom. The van der Waals surface area contributed by atoms with Crippen LogP contribution in [-0.2, 0) is 36.7 Å². The molecule has 0 heterocycles. The van der Waals surface area contributed by atoms with Crippen molar-refractivity contribution in [2.24, 2.45) is 0 Å². The molecule has 3 unspecified atom stereocenters. The van der Waals surface area contributed by atoms with E-state index in [4.69, 9.17) is 9.47 Å². The van der Waals surface area contributed by atoms with Crippen LogP contribution in [0.5, 0.6) is 0 Å². The molecular formula is C41H55N3O6. The molecule has 0 fully saturated rings. The normalized spacial score (nSPS) is 13.7. The molecule has 2 N–H and O–H groups in total. The number of carbonyl (C=O) groups is 4. The molecule has 3 atom stereocenters. The number of nitrogens with zero attached hydrogens (tertiary/aromatic N) is 1. The maximum Gasteiger partial charge on any atom is 0.408 e. The molecule has 50 heavy (non-hydrogen) atoms. The lowest BCUT2D eigenvalue weighted by molar-refractivity contribution is -0.159. The van der Waals surface area contributed by atoms with Gasteiger partial charge in [-0.15, -0.1) is 0 Å². The summed E-state index contributed by atoms with van der Waals surface area (Å²) >= 11 is 0. The monoisotopic (exact) mass is 685 g/mol. The van der Waals surface area contributed by atoms with E-state index in [0.717, 1.165) is 22.3 Å². The molecule has 270 valence electrons. The largest absolute Gasteiger partial charge is 0.458 e. The van der Waals surface area contributed by atoms with E-state index in [0.29, 0.717) is 5.56 Å². The van der Waals surface area contributed by atoms with Crippen LogP contribution < -0.4 is 10.6 Å². The minimum absolute atomic E-state index is 0.154. The highest BCUT2D eigenvalue weighted by Gasteiger charge is 2.43. The third-order valence-corrected chi connectivity index (χ3v) is 7.97. The van der Waals surface area contributed by atoms with Crippen LogP contribution in [0.15, 0.2) is 78.9 Å². The summed E-state index contributed by atoms with van der Waals surface area (Å²) in [5.41, 5.74) is 1.48. The minimum Gasteiger partial charge on any atom is -0.458 e. The predicted molar refractivity (Wildman–Crippen MR) is 196 cm³/mol. The lowest BCUT2D eigenvalue weighted by Crippen LogP contribution is -2.60. The number of hydrogen-bond acceptors (Lipinski definition) is 6. The molecule has 0 spiro atoms. The molecule has 0 radical (unpaired) electrons. The van der Waals surface area contributed by atoms with E-state index in [-0.39, 0.29) is 12.8 Å². The average Bonchev–Trinajstić information content (AvgIpc) is 2.99. The first-order chi connectivity index (χ1) is 23.2. The lowest BCUT2D eigenvalue weighted by atomic mass is 9.90. The molecule has 0 aliphatic rings. The first kappa shape index (κ1) is 39.8. The summed E-state index contributed by atoms with van der Waals surface area (Å²) < 4.78 is 11.3. The molecule has 0 aliphatic carbocycles. The van der Waals surface area contributed by atoms with Gasteiger partial charge in [-0.05, 0) is 104 Å². The topological polar surface area (TPSA) is 114 Å². The number of alkyl carbamates (subject to hydrolysis) is 1. The van der Waals surface area contributed by atoms with Crippen molar-refractivity contribution in [3.8, 4) is 0 Å². The molecule has 0 bridgehead atoms. The van der Waals surface area contributed by atoms with Crippen LogP contribution in [0.3, 0.4) is 0 Å². The third-order valence-electron chi connectivity index (χ3n) is 7.97. The van der Waals surface area contributed by atoms with E-state index < -0.39 is 58.7 Å². The maximum absolute atomic E-state index is 15.0. The summed E-state index contributed by atoms with van der Waals surface area (Å²) in [6.45, 7) is 20.0. The van der Waals surface area contributed by atoms with Gasteiger partial charge in [-0.1, -0.05) is 78.9 Å². The van der Waals surface area contributed by atoms with Crippen molar-refractivity contribution in [1.29, 1.82) is 0 Å². The summed E-state index contributed by atoms with van der Waals surface area (Å²) in [5.74, 6) is -1.62. The molecular weight excluding hydrogens is 630 g/mol. The fraction of sp³-hybridized carbons (Fsp3) is 0.463. The average molecular weight is 686 g/mol. The van der Waals surface area contributed by atoms with Gasteiger partial charge in [0.2, 0.25) is 11.8 Å².